The second-order valence-corrected chi connectivity index (χ2v) is 5.86. The van der Waals surface area contributed by atoms with Crippen molar-refractivity contribution in [2.45, 2.75) is 25.3 Å². The van der Waals surface area contributed by atoms with Gasteiger partial charge in [-0.1, -0.05) is 6.42 Å². The lowest BCUT2D eigenvalue weighted by atomic mass is 10.0. The molecule has 4 nitrogen and oxygen atoms in total. The first-order valence-electron chi connectivity index (χ1n) is 6.02. The molecule has 0 aliphatic heterocycles. The molecule has 0 radical (unpaired) electrons. The summed E-state index contributed by atoms with van der Waals surface area (Å²) in [5, 5.41) is 21.8. The summed E-state index contributed by atoms with van der Waals surface area (Å²) in [5.41, 5.74) is 0.297. The van der Waals surface area contributed by atoms with E-state index in [4.69, 9.17) is 0 Å². The number of carbonyl (C=O) groups is 1. The molecule has 0 saturated heterocycles. The zero-order valence-electron chi connectivity index (χ0n) is 9.90. The highest BCUT2D eigenvalue weighted by molar-refractivity contribution is 14.1. The Morgan fingerprint density at radius 2 is 2.22 bits per heavy atom. The Labute approximate surface area is 120 Å². The molecule has 0 aromatic heterocycles. The molecule has 18 heavy (non-hydrogen) atoms. The normalized spacial score (nSPS) is 23.0. The Balaban J connectivity index is 2.09. The van der Waals surface area contributed by atoms with Gasteiger partial charge in [0, 0.05) is 22.1 Å². The van der Waals surface area contributed by atoms with Crippen LogP contribution in [0, 0.1) is 9.49 Å². The molecule has 0 spiro atoms. The van der Waals surface area contributed by atoms with Crippen molar-refractivity contribution in [2.24, 2.45) is 5.92 Å². The van der Waals surface area contributed by atoms with Crippen molar-refractivity contribution in [1.82, 2.24) is 5.32 Å². The maximum atomic E-state index is 12.1. The Morgan fingerprint density at radius 1 is 1.44 bits per heavy atom. The summed E-state index contributed by atoms with van der Waals surface area (Å²) in [4.78, 5) is 12.1. The molecule has 2 rings (SSSR count). The second kappa shape index (κ2) is 5.88. The molecular formula is C13H16INO3. The smallest absolute Gasteiger partial charge is 0.255 e. The van der Waals surface area contributed by atoms with Gasteiger partial charge in [-0.05, 0) is 53.6 Å². The van der Waals surface area contributed by atoms with Gasteiger partial charge in [-0.15, -0.1) is 0 Å². The number of rotatable bonds is 3. The van der Waals surface area contributed by atoms with E-state index >= 15 is 0 Å². The first kappa shape index (κ1) is 13.6. The standard InChI is InChI=1S/C13H16INO3/c14-9-4-5-12(17)10(6-9)13(18)15-11-3-1-2-8(11)7-16/h4-6,8,11,16-17H,1-3,7H2,(H,15,18). The van der Waals surface area contributed by atoms with Crippen LogP contribution in [0.1, 0.15) is 29.6 Å². The number of phenolic OH excluding ortho intramolecular Hbond substituents is 1. The van der Waals surface area contributed by atoms with E-state index in [1.165, 1.54) is 6.07 Å². The monoisotopic (exact) mass is 361 g/mol. The van der Waals surface area contributed by atoms with Gasteiger partial charge in [0.05, 0.1) is 5.56 Å². The van der Waals surface area contributed by atoms with Crippen LogP contribution in [-0.2, 0) is 0 Å². The third-order valence-corrected chi connectivity index (χ3v) is 4.08. The lowest BCUT2D eigenvalue weighted by Gasteiger charge is -2.19. The number of halogens is 1. The predicted octanol–water partition coefficient (Wildman–Crippen LogP) is 1.89. The minimum absolute atomic E-state index is 0.00791. The van der Waals surface area contributed by atoms with Crippen LogP contribution in [0.3, 0.4) is 0 Å². The Morgan fingerprint density at radius 3 is 2.94 bits per heavy atom. The highest BCUT2D eigenvalue weighted by Crippen LogP contribution is 2.26. The lowest BCUT2D eigenvalue weighted by molar-refractivity contribution is 0.0913. The van der Waals surface area contributed by atoms with E-state index < -0.39 is 0 Å². The average Bonchev–Trinajstić information content (AvgIpc) is 2.79. The van der Waals surface area contributed by atoms with Crippen LogP contribution in [0.4, 0.5) is 0 Å². The van der Waals surface area contributed by atoms with E-state index in [0.717, 1.165) is 22.8 Å². The molecule has 0 bridgehead atoms. The first-order chi connectivity index (χ1) is 8.61. The number of hydrogen-bond donors (Lipinski definition) is 3. The number of amides is 1. The second-order valence-electron chi connectivity index (χ2n) is 4.61. The third kappa shape index (κ3) is 2.95. The van der Waals surface area contributed by atoms with Crippen LogP contribution < -0.4 is 5.32 Å². The van der Waals surface area contributed by atoms with Crippen LogP contribution in [0.5, 0.6) is 5.75 Å². The zero-order valence-corrected chi connectivity index (χ0v) is 12.1. The van der Waals surface area contributed by atoms with Gasteiger partial charge in [-0.2, -0.15) is 0 Å². The average molecular weight is 361 g/mol. The number of aliphatic hydroxyl groups excluding tert-OH is 1. The van der Waals surface area contributed by atoms with Crippen molar-refractivity contribution in [2.75, 3.05) is 6.61 Å². The molecule has 1 fully saturated rings. The summed E-state index contributed by atoms with van der Waals surface area (Å²) in [6.07, 6.45) is 2.86. The summed E-state index contributed by atoms with van der Waals surface area (Å²) in [6, 6.07) is 4.95. The fraction of sp³-hybridized carbons (Fsp3) is 0.462. The van der Waals surface area contributed by atoms with Gasteiger partial charge < -0.3 is 15.5 Å². The van der Waals surface area contributed by atoms with Gasteiger partial charge in [0.15, 0.2) is 0 Å². The van der Waals surface area contributed by atoms with E-state index in [-0.39, 0.29) is 30.2 Å². The lowest BCUT2D eigenvalue weighted by Crippen LogP contribution is -2.38. The summed E-state index contributed by atoms with van der Waals surface area (Å²) >= 11 is 2.10. The number of nitrogens with one attached hydrogen (secondary N) is 1. The van der Waals surface area contributed by atoms with Crippen LogP contribution in [0.15, 0.2) is 18.2 Å². The largest absolute Gasteiger partial charge is 0.507 e. The van der Waals surface area contributed by atoms with Gasteiger partial charge in [-0.3, -0.25) is 4.79 Å². The molecule has 3 N–H and O–H groups in total. The number of phenols is 1. The maximum absolute atomic E-state index is 12.1. The van der Waals surface area contributed by atoms with Gasteiger partial charge in [0.1, 0.15) is 5.75 Å². The predicted molar refractivity (Wildman–Crippen MR) is 76.5 cm³/mol. The zero-order chi connectivity index (χ0) is 13.1. The van der Waals surface area contributed by atoms with Gasteiger partial charge in [-0.25, -0.2) is 0 Å². The fourth-order valence-corrected chi connectivity index (χ4v) is 2.87. The van der Waals surface area contributed by atoms with Crippen molar-refractivity contribution < 1.29 is 15.0 Å². The highest BCUT2D eigenvalue weighted by atomic mass is 127. The van der Waals surface area contributed by atoms with Crippen molar-refractivity contribution in [3.8, 4) is 5.75 Å². The first-order valence-corrected chi connectivity index (χ1v) is 7.10. The van der Waals surface area contributed by atoms with Crippen molar-refractivity contribution in [1.29, 1.82) is 0 Å². The van der Waals surface area contributed by atoms with Crippen molar-refractivity contribution in [3.63, 3.8) is 0 Å². The summed E-state index contributed by atoms with van der Waals surface area (Å²) < 4.78 is 0.903. The SMILES string of the molecule is O=C(NC1CCCC1CO)c1cc(I)ccc1O. The number of hydrogen-bond acceptors (Lipinski definition) is 3. The summed E-state index contributed by atoms with van der Waals surface area (Å²) in [6.45, 7) is 0.100. The van der Waals surface area contributed by atoms with Gasteiger partial charge in [0.2, 0.25) is 0 Å². The van der Waals surface area contributed by atoms with E-state index in [0.29, 0.717) is 5.56 Å². The summed E-state index contributed by atoms with van der Waals surface area (Å²) in [7, 11) is 0. The maximum Gasteiger partial charge on any atom is 0.255 e. The molecular weight excluding hydrogens is 345 g/mol. The molecule has 1 saturated carbocycles. The Bertz CT molecular complexity index is 450. The van der Waals surface area contributed by atoms with E-state index in [1.54, 1.807) is 12.1 Å². The number of aliphatic hydroxyl groups is 1. The third-order valence-electron chi connectivity index (χ3n) is 3.41. The molecule has 1 amide bonds. The number of carbonyl (C=O) groups excluding carboxylic acids is 1. The summed E-state index contributed by atoms with van der Waals surface area (Å²) in [5.74, 6) is -0.137. The number of aromatic hydroxyl groups is 1. The molecule has 98 valence electrons. The van der Waals surface area contributed by atoms with E-state index in [2.05, 4.69) is 27.9 Å². The van der Waals surface area contributed by atoms with Crippen LogP contribution in [0.25, 0.3) is 0 Å². The van der Waals surface area contributed by atoms with E-state index in [9.17, 15) is 15.0 Å². The Kier molecular flexibility index (Phi) is 4.45. The molecule has 2 unspecified atom stereocenters. The van der Waals surface area contributed by atoms with Crippen LogP contribution in [0.2, 0.25) is 0 Å². The molecule has 5 heteroatoms. The molecule has 1 aromatic carbocycles. The van der Waals surface area contributed by atoms with Crippen molar-refractivity contribution >= 4 is 28.5 Å². The molecule has 0 heterocycles. The fourth-order valence-electron chi connectivity index (χ4n) is 2.38. The van der Waals surface area contributed by atoms with E-state index in [1.807, 2.05) is 0 Å². The quantitative estimate of drug-likeness (QED) is 0.721. The van der Waals surface area contributed by atoms with Crippen LogP contribution in [-0.4, -0.2) is 28.8 Å². The van der Waals surface area contributed by atoms with Gasteiger partial charge in [0.25, 0.3) is 5.91 Å². The molecule has 1 aromatic rings. The molecule has 1 aliphatic carbocycles. The molecule has 2 atom stereocenters. The van der Waals surface area contributed by atoms with Gasteiger partial charge >= 0.3 is 0 Å². The molecule has 1 aliphatic rings. The van der Waals surface area contributed by atoms with Crippen LogP contribution >= 0.6 is 22.6 Å². The number of benzene rings is 1. The Hall–Kier alpha value is -0.820. The highest BCUT2D eigenvalue weighted by Gasteiger charge is 2.28. The minimum Gasteiger partial charge on any atom is -0.507 e. The topological polar surface area (TPSA) is 69.6 Å². The minimum atomic E-state index is -0.267. The van der Waals surface area contributed by atoms with Crippen molar-refractivity contribution in [3.05, 3.63) is 27.3 Å².